The van der Waals surface area contributed by atoms with Gasteiger partial charge in [0.05, 0.1) is 6.04 Å². The third kappa shape index (κ3) is 4.42. The van der Waals surface area contributed by atoms with E-state index in [1.54, 1.807) is 0 Å². The first-order chi connectivity index (χ1) is 14.1. The average molecular weight is 388 g/mol. The van der Waals surface area contributed by atoms with Gasteiger partial charge in [0, 0.05) is 24.5 Å². The van der Waals surface area contributed by atoms with Gasteiger partial charge in [0.25, 0.3) is 5.91 Å². The zero-order valence-corrected chi connectivity index (χ0v) is 17.3. The zero-order chi connectivity index (χ0) is 20.2. The van der Waals surface area contributed by atoms with Gasteiger partial charge in [-0.1, -0.05) is 37.3 Å². The third-order valence-corrected chi connectivity index (χ3v) is 5.98. The Labute approximate surface area is 173 Å². The first-order valence-electron chi connectivity index (χ1n) is 10.6. The molecule has 1 heterocycles. The molecule has 0 aliphatic heterocycles. The van der Waals surface area contributed by atoms with E-state index in [2.05, 4.69) is 40.0 Å². The highest BCUT2D eigenvalue weighted by Crippen LogP contribution is 2.26. The molecule has 29 heavy (non-hydrogen) atoms. The van der Waals surface area contributed by atoms with Crippen molar-refractivity contribution in [2.24, 2.45) is 0 Å². The molecule has 0 fully saturated rings. The molecule has 0 saturated heterocycles. The molecule has 150 valence electrons. The quantitative estimate of drug-likeness (QED) is 0.647. The highest BCUT2D eigenvalue weighted by Gasteiger charge is 2.17. The third-order valence-electron chi connectivity index (χ3n) is 5.98. The van der Waals surface area contributed by atoms with E-state index in [0.29, 0.717) is 5.56 Å². The number of hydrogen-bond acceptors (Lipinski definition) is 2. The van der Waals surface area contributed by atoms with Gasteiger partial charge in [-0.15, -0.1) is 0 Å². The number of fused-ring (bicyclic) bond motifs is 1. The molecule has 3 aromatic rings. The molecule has 1 atom stereocenters. The number of rotatable bonds is 6. The number of benzene rings is 2. The van der Waals surface area contributed by atoms with Crippen LogP contribution in [0, 0.1) is 6.92 Å². The summed E-state index contributed by atoms with van der Waals surface area (Å²) in [6.07, 6.45) is 9.56. The lowest BCUT2D eigenvalue weighted by atomic mass is 9.88. The number of nitrogens with zero attached hydrogens (tertiary/aromatic N) is 2. The molecule has 0 spiro atoms. The average Bonchev–Trinajstić information content (AvgIpc) is 3.16. The van der Waals surface area contributed by atoms with Gasteiger partial charge in [-0.05, 0) is 73.4 Å². The van der Waals surface area contributed by atoms with Gasteiger partial charge in [0.2, 0.25) is 0 Å². The van der Waals surface area contributed by atoms with E-state index in [-0.39, 0.29) is 11.9 Å². The van der Waals surface area contributed by atoms with E-state index in [1.165, 1.54) is 36.0 Å². The predicted octanol–water partition coefficient (Wildman–Crippen LogP) is 5.00. The van der Waals surface area contributed by atoms with E-state index < -0.39 is 0 Å². The predicted molar refractivity (Wildman–Crippen MR) is 116 cm³/mol. The summed E-state index contributed by atoms with van der Waals surface area (Å²) in [6, 6.07) is 14.7. The molecule has 0 radical (unpaired) electrons. The molecule has 1 aliphatic rings. The van der Waals surface area contributed by atoms with Crippen molar-refractivity contribution >= 4 is 5.91 Å². The number of aromatic nitrogens is 2. The SMILES string of the molecule is CC[C@H](NC(=O)c1ccc(Cn2ccnc2C)cc1)c1ccc2c(c1)CCCC2. The summed E-state index contributed by atoms with van der Waals surface area (Å²) >= 11 is 0. The molecule has 2 aromatic carbocycles. The Morgan fingerprint density at radius 2 is 1.86 bits per heavy atom. The maximum atomic E-state index is 12.8. The number of hydrogen-bond donors (Lipinski definition) is 1. The van der Waals surface area contributed by atoms with Crippen molar-refractivity contribution in [1.29, 1.82) is 0 Å². The van der Waals surface area contributed by atoms with Crippen LogP contribution in [0.15, 0.2) is 54.9 Å². The number of carbonyl (C=O) groups is 1. The van der Waals surface area contributed by atoms with E-state index >= 15 is 0 Å². The Morgan fingerprint density at radius 3 is 2.55 bits per heavy atom. The lowest BCUT2D eigenvalue weighted by molar-refractivity contribution is 0.0935. The summed E-state index contributed by atoms with van der Waals surface area (Å²) in [5.41, 5.74) is 6.01. The van der Waals surface area contributed by atoms with Crippen LogP contribution in [0.5, 0.6) is 0 Å². The smallest absolute Gasteiger partial charge is 0.251 e. The maximum absolute atomic E-state index is 12.8. The minimum atomic E-state index is -0.0140. The second-order valence-corrected chi connectivity index (χ2v) is 7.97. The van der Waals surface area contributed by atoms with Gasteiger partial charge in [-0.3, -0.25) is 4.79 Å². The minimum absolute atomic E-state index is 0.0140. The fourth-order valence-corrected chi connectivity index (χ4v) is 4.16. The van der Waals surface area contributed by atoms with E-state index in [4.69, 9.17) is 0 Å². The Bertz CT molecular complexity index is 988. The van der Waals surface area contributed by atoms with Crippen LogP contribution < -0.4 is 5.32 Å². The molecule has 4 heteroatoms. The van der Waals surface area contributed by atoms with Crippen molar-refractivity contribution in [3.63, 3.8) is 0 Å². The van der Waals surface area contributed by atoms with Crippen molar-refractivity contribution in [2.45, 2.75) is 58.5 Å². The second kappa shape index (κ2) is 8.64. The van der Waals surface area contributed by atoms with Gasteiger partial charge in [0.1, 0.15) is 5.82 Å². The van der Waals surface area contributed by atoms with E-state index in [9.17, 15) is 4.79 Å². The molecule has 0 bridgehead atoms. The molecule has 4 nitrogen and oxygen atoms in total. The number of aryl methyl sites for hydroxylation is 3. The Morgan fingerprint density at radius 1 is 1.10 bits per heavy atom. The Balaban J connectivity index is 1.44. The van der Waals surface area contributed by atoms with Crippen molar-refractivity contribution < 1.29 is 4.79 Å². The van der Waals surface area contributed by atoms with Crippen LogP contribution >= 0.6 is 0 Å². The van der Waals surface area contributed by atoms with Crippen molar-refractivity contribution in [2.75, 3.05) is 0 Å². The molecule has 1 aliphatic carbocycles. The van der Waals surface area contributed by atoms with Crippen molar-refractivity contribution in [1.82, 2.24) is 14.9 Å². The van der Waals surface area contributed by atoms with E-state index in [1.807, 2.05) is 43.6 Å². The Kier molecular flexibility index (Phi) is 5.79. The first kappa shape index (κ1) is 19.4. The van der Waals surface area contributed by atoms with Crippen LogP contribution in [0.1, 0.15) is 70.7 Å². The summed E-state index contributed by atoms with van der Waals surface area (Å²) in [6.45, 7) is 4.88. The summed E-state index contributed by atoms with van der Waals surface area (Å²) in [4.78, 5) is 17.1. The van der Waals surface area contributed by atoms with Crippen molar-refractivity contribution in [3.8, 4) is 0 Å². The number of nitrogens with one attached hydrogen (secondary N) is 1. The molecular formula is C25H29N3O. The number of amides is 1. The molecule has 1 aromatic heterocycles. The fourth-order valence-electron chi connectivity index (χ4n) is 4.16. The molecular weight excluding hydrogens is 358 g/mol. The summed E-state index contributed by atoms with van der Waals surface area (Å²) < 4.78 is 2.10. The van der Waals surface area contributed by atoms with Crippen LogP contribution in [0.25, 0.3) is 0 Å². The topological polar surface area (TPSA) is 46.9 Å². The van der Waals surface area contributed by atoms with Crippen LogP contribution in [-0.4, -0.2) is 15.5 Å². The lowest BCUT2D eigenvalue weighted by Crippen LogP contribution is -2.28. The molecule has 1 N–H and O–H groups in total. The highest BCUT2D eigenvalue weighted by molar-refractivity contribution is 5.94. The summed E-state index contributed by atoms with van der Waals surface area (Å²) in [5, 5.41) is 3.23. The highest BCUT2D eigenvalue weighted by atomic mass is 16.1. The normalized spacial score (nSPS) is 14.3. The van der Waals surface area contributed by atoms with Gasteiger partial charge < -0.3 is 9.88 Å². The van der Waals surface area contributed by atoms with Crippen LogP contribution in [0.4, 0.5) is 0 Å². The fraction of sp³-hybridized carbons (Fsp3) is 0.360. The summed E-state index contributed by atoms with van der Waals surface area (Å²) in [7, 11) is 0. The largest absolute Gasteiger partial charge is 0.345 e. The van der Waals surface area contributed by atoms with Gasteiger partial charge in [-0.25, -0.2) is 4.98 Å². The van der Waals surface area contributed by atoms with Gasteiger partial charge in [0.15, 0.2) is 0 Å². The monoisotopic (exact) mass is 387 g/mol. The van der Waals surface area contributed by atoms with Crippen molar-refractivity contribution in [3.05, 3.63) is 88.5 Å². The minimum Gasteiger partial charge on any atom is -0.345 e. The lowest BCUT2D eigenvalue weighted by Gasteiger charge is -2.22. The number of imidazole rings is 1. The van der Waals surface area contributed by atoms with Crippen LogP contribution in [0.2, 0.25) is 0 Å². The summed E-state index contributed by atoms with van der Waals surface area (Å²) in [5.74, 6) is 0.975. The molecule has 4 rings (SSSR count). The standard InChI is InChI=1S/C25H29N3O/c1-3-24(23-13-12-20-6-4-5-7-22(20)16-23)27-25(29)21-10-8-19(9-11-21)17-28-15-14-26-18(28)2/h8-16,24H,3-7,17H2,1-2H3,(H,27,29)/t24-/m0/s1. The van der Waals surface area contributed by atoms with Crippen LogP contribution in [0.3, 0.4) is 0 Å². The number of carbonyl (C=O) groups excluding carboxylic acids is 1. The van der Waals surface area contributed by atoms with Crippen LogP contribution in [-0.2, 0) is 19.4 Å². The maximum Gasteiger partial charge on any atom is 0.251 e. The Hall–Kier alpha value is -2.88. The molecule has 0 unspecified atom stereocenters. The van der Waals surface area contributed by atoms with E-state index in [0.717, 1.165) is 30.8 Å². The molecule has 0 saturated carbocycles. The zero-order valence-electron chi connectivity index (χ0n) is 17.3. The van der Waals surface area contributed by atoms with Gasteiger partial charge in [-0.2, -0.15) is 0 Å². The molecule has 1 amide bonds. The second-order valence-electron chi connectivity index (χ2n) is 7.97. The van der Waals surface area contributed by atoms with Gasteiger partial charge >= 0.3 is 0 Å². The first-order valence-corrected chi connectivity index (χ1v) is 10.6.